The van der Waals surface area contributed by atoms with E-state index in [-0.39, 0.29) is 35.1 Å². The van der Waals surface area contributed by atoms with E-state index in [0.717, 1.165) is 33.5 Å². The first-order valence-electron chi connectivity index (χ1n) is 7.26. The van der Waals surface area contributed by atoms with Crippen LogP contribution in [0.5, 0.6) is 0 Å². The van der Waals surface area contributed by atoms with Gasteiger partial charge in [-0.2, -0.15) is 6.42 Å². The zero-order valence-corrected chi connectivity index (χ0v) is 16.3. The fourth-order valence-corrected chi connectivity index (χ4v) is 1.55. The Morgan fingerprint density at radius 3 is 1.82 bits per heavy atom. The van der Waals surface area contributed by atoms with Crippen molar-refractivity contribution in [2.45, 2.75) is 57.8 Å². The zero-order chi connectivity index (χ0) is 16.1. The Kier molecular flexibility index (Phi) is 56.6. The molecule has 0 aliphatic rings. The Morgan fingerprint density at radius 2 is 1.41 bits per heavy atom. The number of hydrogen-bond donors (Lipinski definition) is 2. The summed E-state index contributed by atoms with van der Waals surface area (Å²) in [5.41, 5.74) is 0. The maximum Gasteiger partial charge on any atom is 2.00 e. The number of aliphatic hydroxyl groups is 2. The fourth-order valence-electron chi connectivity index (χ4n) is 1.55. The van der Waals surface area contributed by atoms with Crippen molar-refractivity contribution in [1.29, 1.82) is 0 Å². The maximum absolute atomic E-state index is 11.1. The molecule has 0 radical (unpaired) electrons. The smallest absolute Gasteiger partial charge is 0.461 e. The molecule has 0 aromatic heterocycles. The van der Waals surface area contributed by atoms with Gasteiger partial charge in [-0.3, -0.25) is 4.79 Å². The Morgan fingerprint density at radius 1 is 1.00 bits per heavy atom. The molecular weight excluding hydrogens is 316 g/mol. The van der Waals surface area contributed by atoms with Crippen LogP contribution in [0.4, 0.5) is 0 Å². The van der Waals surface area contributed by atoms with Crippen LogP contribution in [0.25, 0.3) is 0 Å². The van der Waals surface area contributed by atoms with Gasteiger partial charge in [-0.05, 0) is 6.42 Å². The zero-order valence-electron chi connectivity index (χ0n) is 14.8. The Hall–Kier alpha value is -0.156. The second kappa shape index (κ2) is 37.3. The predicted molar refractivity (Wildman–Crippen MR) is 90.8 cm³/mol. The van der Waals surface area contributed by atoms with Crippen LogP contribution < -0.4 is 0 Å². The van der Waals surface area contributed by atoms with Crippen LogP contribution in [0.15, 0.2) is 12.7 Å². The molecular formula is C17H36O4Ti. The molecule has 0 amide bonds. The molecule has 0 atom stereocenters. The van der Waals surface area contributed by atoms with Gasteiger partial charge in [0.05, 0.1) is 0 Å². The van der Waals surface area contributed by atoms with E-state index in [0.29, 0.717) is 13.0 Å². The van der Waals surface area contributed by atoms with Crippen molar-refractivity contribution in [1.82, 2.24) is 0 Å². The van der Waals surface area contributed by atoms with Crippen molar-refractivity contribution in [3.63, 3.8) is 0 Å². The van der Waals surface area contributed by atoms with E-state index in [9.17, 15) is 4.79 Å². The van der Waals surface area contributed by atoms with E-state index in [2.05, 4.69) is 13.5 Å². The number of ether oxygens (including phenoxy) is 1. The van der Waals surface area contributed by atoms with E-state index >= 15 is 0 Å². The van der Waals surface area contributed by atoms with Crippen molar-refractivity contribution >= 4 is 5.97 Å². The van der Waals surface area contributed by atoms with Crippen molar-refractivity contribution in [3.8, 4) is 0 Å². The third-order valence-electron chi connectivity index (χ3n) is 2.49. The van der Waals surface area contributed by atoms with E-state index in [4.69, 9.17) is 14.9 Å². The number of carbonyl (C=O) groups excluding carboxylic acids is 1. The summed E-state index contributed by atoms with van der Waals surface area (Å²) < 4.78 is 4.89. The molecule has 0 aliphatic heterocycles. The molecule has 5 heteroatoms. The van der Waals surface area contributed by atoms with Gasteiger partial charge in [0.2, 0.25) is 0 Å². The largest absolute Gasteiger partial charge is 2.00 e. The van der Waals surface area contributed by atoms with Crippen molar-refractivity contribution in [2.24, 2.45) is 0 Å². The second-order valence-corrected chi connectivity index (χ2v) is 4.05. The quantitative estimate of drug-likeness (QED) is 0.196. The summed E-state index contributed by atoms with van der Waals surface area (Å²) in [6.45, 7) is 7.65. The number of esters is 1. The second-order valence-electron chi connectivity index (χ2n) is 4.05. The molecule has 0 fully saturated rings. The van der Waals surface area contributed by atoms with E-state index in [1.54, 1.807) is 6.08 Å². The number of carbonyl (C=O) groups is 1. The molecule has 2 N–H and O–H groups in total. The molecule has 0 aromatic rings. The van der Waals surface area contributed by atoms with Gasteiger partial charge in [0.25, 0.3) is 0 Å². The number of hydrogen-bond acceptors (Lipinski definition) is 4. The molecule has 4 nitrogen and oxygen atoms in total. The van der Waals surface area contributed by atoms with Crippen LogP contribution >= 0.6 is 0 Å². The number of rotatable bonds is 11. The Labute approximate surface area is 153 Å². The van der Waals surface area contributed by atoms with Gasteiger partial charge in [-0.1, -0.05) is 51.2 Å². The van der Waals surface area contributed by atoms with Gasteiger partial charge in [0.15, 0.2) is 0 Å². The van der Waals surface area contributed by atoms with E-state index in [1.807, 2.05) is 0 Å². The van der Waals surface area contributed by atoms with Crippen LogP contribution in [0.1, 0.15) is 57.8 Å². The molecule has 0 aromatic carbocycles. The number of aliphatic hydroxyl groups excluding tert-OH is 2. The molecule has 0 aliphatic carbocycles. The predicted octanol–water partition coefficient (Wildman–Crippen LogP) is 3.73. The summed E-state index contributed by atoms with van der Waals surface area (Å²) in [6.07, 6.45) is 11.6. The minimum absolute atomic E-state index is 0. The molecule has 0 bridgehead atoms. The van der Waals surface area contributed by atoms with Crippen LogP contribution in [0, 0.1) is 14.4 Å². The molecule has 0 saturated carbocycles. The van der Waals surface area contributed by atoms with Crippen LogP contribution in [-0.2, 0) is 31.2 Å². The Balaban J connectivity index is -0.000000147. The number of unbranched alkanes of at least 4 members (excludes halogenated alkanes) is 7. The van der Waals surface area contributed by atoms with Gasteiger partial charge in [0.1, 0.15) is 6.61 Å². The minimum atomic E-state index is -0.100. The van der Waals surface area contributed by atoms with Gasteiger partial charge < -0.3 is 29.3 Å². The van der Waals surface area contributed by atoms with Crippen molar-refractivity contribution in [3.05, 3.63) is 27.0 Å². The first-order valence-corrected chi connectivity index (χ1v) is 7.26. The topological polar surface area (TPSA) is 66.8 Å². The molecule has 0 unspecified atom stereocenters. The Bertz CT molecular complexity index is 187. The summed E-state index contributed by atoms with van der Waals surface area (Å²) in [6, 6.07) is 0. The van der Waals surface area contributed by atoms with Crippen LogP contribution in [-0.4, -0.2) is 37.0 Å². The fraction of sp³-hybridized carbons (Fsp3) is 0.706. The van der Waals surface area contributed by atoms with Crippen molar-refractivity contribution in [2.75, 3.05) is 20.8 Å². The minimum Gasteiger partial charge on any atom is -0.461 e. The van der Waals surface area contributed by atoms with Gasteiger partial charge in [-0.15, -0.1) is 0 Å². The molecule has 0 heterocycles. The van der Waals surface area contributed by atoms with Crippen molar-refractivity contribution < 1.29 is 41.5 Å². The summed E-state index contributed by atoms with van der Waals surface area (Å²) >= 11 is 0. The summed E-state index contributed by atoms with van der Waals surface area (Å²) in [5, 5.41) is 14.0. The average molecular weight is 352 g/mol. The van der Waals surface area contributed by atoms with Crippen LogP contribution in [0.3, 0.4) is 0 Å². The van der Waals surface area contributed by atoms with Gasteiger partial charge >= 0.3 is 27.7 Å². The normalized spacial score (nSPS) is 7.86. The summed E-state index contributed by atoms with van der Waals surface area (Å²) in [7, 11) is 2.00. The summed E-state index contributed by atoms with van der Waals surface area (Å²) in [5.74, 6) is -0.100. The molecule has 132 valence electrons. The van der Waals surface area contributed by atoms with Gasteiger partial charge in [-0.25, -0.2) is 0 Å². The SMILES string of the molecule is C=CCOC(=O)CCCCCCCCC[CH2-].CO.CO.[CH3-].[Ti+2]. The summed E-state index contributed by atoms with van der Waals surface area (Å²) in [4.78, 5) is 11.1. The monoisotopic (exact) mass is 352 g/mol. The van der Waals surface area contributed by atoms with E-state index < -0.39 is 0 Å². The first kappa shape index (κ1) is 33.5. The molecule has 0 spiro atoms. The standard InChI is InChI=1S/C14H25O2.2CH4O.CH3.Ti/c1-3-5-6-7-8-9-10-11-12-14(15)16-13-4-2;2*1-2;;/h4H,1-3,5-13H2;2*2H,1H3;1H3;/q-1;;;-1;+2. The molecule has 0 saturated heterocycles. The first-order chi connectivity index (χ1) is 9.81. The van der Waals surface area contributed by atoms with Gasteiger partial charge in [0, 0.05) is 20.6 Å². The van der Waals surface area contributed by atoms with Crippen LogP contribution in [0.2, 0.25) is 0 Å². The molecule has 22 heavy (non-hydrogen) atoms. The molecule has 0 rings (SSSR count). The van der Waals surface area contributed by atoms with E-state index in [1.165, 1.54) is 32.1 Å². The third kappa shape index (κ3) is 36.8. The maximum atomic E-state index is 11.1. The third-order valence-corrected chi connectivity index (χ3v) is 2.49. The average Bonchev–Trinajstić information content (AvgIpc) is 2.52.